The van der Waals surface area contributed by atoms with Gasteiger partial charge in [0.15, 0.2) is 0 Å². The van der Waals surface area contributed by atoms with E-state index in [2.05, 4.69) is 15.9 Å². The van der Waals surface area contributed by atoms with Gasteiger partial charge in [0.25, 0.3) is 0 Å². The number of sulfonamides is 1. The molecule has 0 fully saturated rings. The summed E-state index contributed by atoms with van der Waals surface area (Å²) in [5.74, 6) is -0.364. The Kier molecular flexibility index (Phi) is 5.22. The molecule has 2 N–H and O–H groups in total. The van der Waals surface area contributed by atoms with Crippen LogP contribution < -0.4 is 4.72 Å². The molecular weight excluding hydrogens is 351 g/mol. The molecule has 4 nitrogen and oxygen atoms in total. The average molecular weight is 362 g/mol. The molecular formula is C10H11BrF3NO3S. The molecule has 0 saturated carbocycles. The van der Waals surface area contributed by atoms with Gasteiger partial charge < -0.3 is 5.11 Å². The summed E-state index contributed by atoms with van der Waals surface area (Å²) < 4.78 is 62.8. The van der Waals surface area contributed by atoms with E-state index in [0.29, 0.717) is 6.07 Å². The number of rotatable bonds is 5. The fraction of sp³-hybridized carbons (Fsp3) is 0.400. The van der Waals surface area contributed by atoms with Gasteiger partial charge in [-0.3, -0.25) is 4.72 Å². The van der Waals surface area contributed by atoms with E-state index >= 15 is 0 Å². The molecule has 0 atom stereocenters. The summed E-state index contributed by atoms with van der Waals surface area (Å²) in [5, 5.41) is 8.54. The van der Waals surface area contributed by atoms with Crippen molar-refractivity contribution < 1.29 is 26.7 Å². The van der Waals surface area contributed by atoms with Crippen LogP contribution in [0.1, 0.15) is 12.0 Å². The first-order valence-electron chi connectivity index (χ1n) is 5.13. The highest BCUT2D eigenvalue weighted by atomic mass is 79.9. The lowest BCUT2D eigenvalue weighted by molar-refractivity contribution is -0.137. The van der Waals surface area contributed by atoms with Crippen LogP contribution in [-0.4, -0.2) is 25.9 Å². The third-order valence-electron chi connectivity index (χ3n) is 2.07. The van der Waals surface area contributed by atoms with Crippen LogP contribution in [0.5, 0.6) is 0 Å². The first kappa shape index (κ1) is 16.3. The van der Waals surface area contributed by atoms with Crippen LogP contribution in [0.4, 0.5) is 18.9 Å². The van der Waals surface area contributed by atoms with Crippen molar-refractivity contribution in [2.24, 2.45) is 0 Å². The zero-order chi connectivity index (χ0) is 14.7. The number of hydrogen-bond acceptors (Lipinski definition) is 3. The van der Waals surface area contributed by atoms with E-state index in [4.69, 9.17) is 5.11 Å². The van der Waals surface area contributed by atoms with Crippen LogP contribution in [0, 0.1) is 0 Å². The van der Waals surface area contributed by atoms with Crippen molar-refractivity contribution >= 4 is 31.6 Å². The van der Waals surface area contributed by atoms with Crippen molar-refractivity contribution in [3.05, 3.63) is 28.2 Å². The molecule has 0 saturated heterocycles. The maximum Gasteiger partial charge on any atom is 0.416 e. The largest absolute Gasteiger partial charge is 0.416 e. The highest BCUT2D eigenvalue weighted by Gasteiger charge is 2.31. The maximum absolute atomic E-state index is 12.6. The van der Waals surface area contributed by atoms with Gasteiger partial charge in [-0.25, -0.2) is 8.42 Å². The Balaban J connectivity index is 2.99. The number of halogens is 4. The fourth-order valence-electron chi connectivity index (χ4n) is 1.30. The van der Waals surface area contributed by atoms with E-state index in [1.807, 2.05) is 4.72 Å². The van der Waals surface area contributed by atoms with Gasteiger partial charge in [0.1, 0.15) is 0 Å². The van der Waals surface area contributed by atoms with E-state index in [0.717, 1.165) is 6.07 Å². The van der Waals surface area contributed by atoms with Crippen molar-refractivity contribution in [3.8, 4) is 0 Å². The zero-order valence-electron chi connectivity index (χ0n) is 9.54. The van der Waals surface area contributed by atoms with Gasteiger partial charge in [-0.1, -0.05) is 15.9 Å². The molecule has 0 aromatic heterocycles. The molecule has 0 aliphatic rings. The van der Waals surface area contributed by atoms with Gasteiger partial charge in [0.05, 0.1) is 17.0 Å². The Morgan fingerprint density at radius 2 is 1.89 bits per heavy atom. The highest BCUT2D eigenvalue weighted by molar-refractivity contribution is 9.10. The topological polar surface area (TPSA) is 66.4 Å². The maximum atomic E-state index is 12.6. The minimum absolute atomic E-state index is 0.00939. The predicted molar refractivity (Wildman–Crippen MR) is 68.3 cm³/mol. The number of alkyl halides is 3. The lowest BCUT2D eigenvalue weighted by Crippen LogP contribution is -2.18. The van der Waals surface area contributed by atoms with Gasteiger partial charge in [-0.2, -0.15) is 13.2 Å². The Morgan fingerprint density at radius 1 is 1.26 bits per heavy atom. The molecule has 0 spiro atoms. The number of hydrogen-bond donors (Lipinski definition) is 2. The fourth-order valence-corrected chi connectivity index (χ4v) is 2.88. The van der Waals surface area contributed by atoms with Crippen LogP contribution in [0.2, 0.25) is 0 Å². The SMILES string of the molecule is O=S(=O)(CCCO)Nc1cc(Br)cc(C(F)(F)F)c1. The molecule has 108 valence electrons. The monoisotopic (exact) mass is 361 g/mol. The summed E-state index contributed by atoms with van der Waals surface area (Å²) in [6, 6.07) is 2.79. The van der Waals surface area contributed by atoms with Gasteiger partial charge in [0.2, 0.25) is 10.0 Å². The lowest BCUT2D eigenvalue weighted by Gasteiger charge is -2.12. The molecule has 1 rings (SSSR count). The van der Waals surface area contributed by atoms with Crippen molar-refractivity contribution in [3.63, 3.8) is 0 Å². The number of anilines is 1. The molecule has 0 aliphatic heterocycles. The smallest absolute Gasteiger partial charge is 0.396 e. The Labute approximate surface area is 116 Å². The highest BCUT2D eigenvalue weighted by Crippen LogP contribution is 2.33. The van der Waals surface area contributed by atoms with E-state index in [-0.39, 0.29) is 28.9 Å². The molecule has 9 heteroatoms. The van der Waals surface area contributed by atoms with E-state index < -0.39 is 21.8 Å². The van der Waals surface area contributed by atoms with Crippen LogP contribution in [0.25, 0.3) is 0 Å². The van der Waals surface area contributed by atoms with Crippen LogP contribution >= 0.6 is 15.9 Å². The molecule has 0 bridgehead atoms. The standard InChI is InChI=1S/C10H11BrF3NO3S/c11-8-4-7(10(12,13)14)5-9(6-8)15-19(17,18)3-1-2-16/h4-6,15-16H,1-3H2. The summed E-state index contributed by atoms with van der Waals surface area (Å²) in [7, 11) is -3.77. The number of benzene rings is 1. The van der Waals surface area contributed by atoms with Crippen LogP contribution in [-0.2, 0) is 16.2 Å². The molecule has 0 unspecified atom stereocenters. The van der Waals surface area contributed by atoms with Crippen molar-refractivity contribution in [2.45, 2.75) is 12.6 Å². The van der Waals surface area contributed by atoms with Crippen LogP contribution in [0.15, 0.2) is 22.7 Å². The zero-order valence-corrected chi connectivity index (χ0v) is 11.9. The summed E-state index contributed by atoms with van der Waals surface area (Å²) >= 11 is 2.89. The second kappa shape index (κ2) is 6.10. The van der Waals surface area contributed by atoms with Crippen LogP contribution in [0.3, 0.4) is 0 Å². The van der Waals surface area contributed by atoms with Gasteiger partial charge >= 0.3 is 6.18 Å². The minimum atomic E-state index is -4.56. The Morgan fingerprint density at radius 3 is 2.42 bits per heavy atom. The molecule has 1 aromatic rings. The summed E-state index contributed by atoms with van der Waals surface area (Å²) in [4.78, 5) is 0. The molecule has 1 aromatic carbocycles. The van der Waals surface area contributed by atoms with E-state index in [1.54, 1.807) is 0 Å². The number of aliphatic hydroxyl groups excluding tert-OH is 1. The third kappa shape index (κ3) is 5.37. The van der Waals surface area contributed by atoms with Crippen molar-refractivity contribution in [1.82, 2.24) is 0 Å². The normalized spacial score (nSPS) is 12.5. The first-order valence-corrected chi connectivity index (χ1v) is 7.58. The van der Waals surface area contributed by atoms with E-state index in [1.165, 1.54) is 6.07 Å². The quantitative estimate of drug-likeness (QED) is 0.846. The molecule has 0 heterocycles. The molecule has 0 radical (unpaired) electrons. The minimum Gasteiger partial charge on any atom is -0.396 e. The van der Waals surface area contributed by atoms with E-state index in [9.17, 15) is 21.6 Å². The Bertz CT molecular complexity index is 545. The number of nitrogens with one attached hydrogen (secondary N) is 1. The molecule has 0 amide bonds. The molecule has 19 heavy (non-hydrogen) atoms. The second-order valence-corrected chi connectivity index (χ2v) is 6.48. The average Bonchev–Trinajstić information content (AvgIpc) is 2.23. The predicted octanol–water partition coefficient (Wildman–Crippen LogP) is 2.59. The first-order chi connectivity index (χ1) is 8.64. The van der Waals surface area contributed by atoms with Gasteiger partial charge in [0, 0.05) is 11.1 Å². The summed E-state index contributed by atoms with van der Waals surface area (Å²) in [6.07, 6.45) is -4.55. The Hall–Kier alpha value is -0.800. The summed E-state index contributed by atoms with van der Waals surface area (Å²) in [5.41, 5.74) is -1.14. The van der Waals surface area contributed by atoms with Gasteiger partial charge in [-0.15, -0.1) is 0 Å². The van der Waals surface area contributed by atoms with Gasteiger partial charge in [-0.05, 0) is 24.6 Å². The summed E-state index contributed by atoms with van der Waals surface area (Å²) in [6.45, 7) is -0.312. The number of aliphatic hydroxyl groups is 1. The van der Waals surface area contributed by atoms with Crippen molar-refractivity contribution in [1.29, 1.82) is 0 Å². The molecule has 0 aliphatic carbocycles. The second-order valence-electron chi connectivity index (χ2n) is 3.72. The lowest BCUT2D eigenvalue weighted by atomic mass is 10.2. The van der Waals surface area contributed by atoms with Crippen molar-refractivity contribution in [2.75, 3.05) is 17.1 Å². The third-order valence-corrected chi connectivity index (χ3v) is 3.90.